The van der Waals surface area contributed by atoms with Gasteiger partial charge in [-0.2, -0.15) is 0 Å². The average Bonchev–Trinajstić information content (AvgIpc) is 2.54. The Labute approximate surface area is 128 Å². The summed E-state index contributed by atoms with van der Waals surface area (Å²) >= 11 is 0. The monoisotopic (exact) mass is 303 g/mol. The predicted molar refractivity (Wildman–Crippen MR) is 83.1 cm³/mol. The second-order valence-electron chi connectivity index (χ2n) is 4.68. The molecule has 0 fully saturated rings. The first-order valence-corrected chi connectivity index (χ1v) is 7.01. The molecule has 0 bridgehead atoms. The van der Waals surface area contributed by atoms with Crippen molar-refractivity contribution in [2.45, 2.75) is 13.3 Å². The molecule has 0 saturated heterocycles. The first-order chi connectivity index (χ1) is 10.6. The number of carbonyl (C=O) groups is 1. The van der Waals surface area contributed by atoms with Gasteiger partial charge in [-0.05, 0) is 48.9 Å². The van der Waals surface area contributed by atoms with Crippen molar-refractivity contribution in [3.63, 3.8) is 0 Å². The minimum Gasteiger partial charge on any atom is -0.493 e. The Kier molecular flexibility index (Phi) is 5.36. The lowest BCUT2D eigenvalue weighted by molar-refractivity contribution is 0.102. The Morgan fingerprint density at radius 3 is 2.50 bits per heavy atom. The summed E-state index contributed by atoms with van der Waals surface area (Å²) in [5, 5.41) is 2.70. The quantitative estimate of drug-likeness (QED) is 0.881. The van der Waals surface area contributed by atoms with Crippen LogP contribution in [0.1, 0.15) is 23.7 Å². The van der Waals surface area contributed by atoms with Crippen molar-refractivity contribution in [1.29, 1.82) is 0 Å². The SMILES string of the molecule is CCCOc1ccc(C(=O)Nc2ccc(F)cc2)cc1OC. The Morgan fingerprint density at radius 1 is 1.14 bits per heavy atom. The van der Waals surface area contributed by atoms with Gasteiger partial charge in [0.15, 0.2) is 11.5 Å². The first-order valence-electron chi connectivity index (χ1n) is 7.01. The lowest BCUT2D eigenvalue weighted by Crippen LogP contribution is -2.12. The fourth-order valence-corrected chi connectivity index (χ4v) is 1.88. The Hall–Kier alpha value is -2.56. The van der Waals surface area contributed by atoms with Crippen LogP contribution in [0.2, 0.25) is 0 Å². The molecule has 4 nitrogen and oxygen atoms in total. The molecule has 5 heteroatoms. The summed E-state index contributed by atoms with van der Waals surface area (Å²) in [4.78, 5) is 12.2. The molecule has 2 aromatic rings. The molecule has 0 saturated carbocycles. The number of amides is 1. The third-order valence-corrected chi connectivity index (χ3v) is 2.99. The van der Waals surface area contributed by atoms with Crippen LogP contribution in [-0.2, 0) is 0 Å². The van der Waals surface area contributed by atoms with Gasteiger partial charge in [0.25, 0.3) is 5.91 Å². The molecule has 0 heterocycles. The highest BCUT2D eigenvalue weighted by atomic mass is 19.1. The topological polar surface area (TPSA) is 47.6 Å². The Bertz CT molecular complexity index is 641. The molecule has 0 radical (unpaired) electrons. The van der Waals surface area contributed by atoms with Crippen LogP contribution in [0.15, 0.2) is 42.5 Å². The van der Waals surface area contributed by atoms with Gasteiger partial charge in [0, 0.05) is 11.3 Å². The number of ether oxygens (including phenoxy) is 2. The molecule has 0 aliphatic rings. The average molecular weight is 303 g/mol. The zero-order valence-electron chi connectivity index (χ0n) is 12.6. The van der Waals surface area contributed by atoms with Crippen molar-refractivity contribution in [3.8, 4) is 11.5 Å². The molecule has 22 heavy (non-hydrogen) atoms. The van der Waals surface area contributed by atoms with Gasteiger partial charge >= 0.3 is 0 Å². The van der Waals surface area contributed by atoms with Gasteiger partial charge in [-0.1, -0.05) is 6.92 Å². The second kappa shape index (κ2) is 7.45. The minimum atomic E-state index is -0.350. The molecule has 0 aliphatic carbocycles. The number of rotatable bonds is 6. The third-order valence-electron chi connectivity index (χ3n) is 2.99. The van der Waals surface area contributed by atoms with Crippen LogP contribution < -0.4 is 14.8 Å². The van der Waals surface area contributed by atoms with Crippen molar-refractivity contribution in [1.82, 2.24) is 0 Å². The first kappa shape index (κ1) is 15.8. The molecular weight excluding hydrogens is 285 g/mol. The van der Waals surface area contributed by atoms with Crippen LogP contribution in [0.25, 0.3) is 0 Å². The Balaban J connectivity index is 2.13. The maximum atomic E-state index is 12.8. The van der Waals surface area contributed by atoms with Crippen molar-refractivity contribution >= 4 is 11.6 Å². The van der Waals surface area contributed by atoms with E-state index in [9.17, 15) is 9.18 Å². The molecule has 0 unspecified atom stereocenters. The maximum Gasteiger partial charge on any atom is 0.255 e. The van der Waals surface area contributed by atoms with Crippen molar-refractivity contribution in [3.05, 3.63) is 53.8 Å². The van der Waals surface area contributed by atoms with Crippen LogP contribution >= 0.6 is 0 Å². The molecule has 0 aromatic heterocycles. The van der Waals surface area contributed by atoms with E-state index in [0.717, 1.165) is 6.42 Å². The fourth-order valence-electron chi connectivity index (χ4n) is 1.88. The zero-order chi connectivity index (χ0) is 15.9. The lowest BCUT2D eigenvalue weighted by Gasteiger charge is -2.12. The number of methoxy groups -OCH3 is 1. The van der Waals surface area contributed by atoms with Gasteiger partial charge in [0.1, 0.15) is 5.82 Å². The largest absolute Gasteiger partial charge is 0.493 e. The van der Waals surface area contributed by atoms with Gasteiger partial charge in [-0.15, -0.1) is 0 Å². The van der Waals surface area contributed by atoms with Crippen molar-refractivity contribution in [2.24, 2.45) is 0 Å². The predicted octanol–water partition coefficient (Wildman–Crippen LogP) is 3.88. The van der Waals surface area contributed by atoms with E-state index < -0.39 is 0 Å². The number of anilines is 1. The van der Waals surface area contributed by atoms with Crippen molar-refractivity contribution < 1.29 is 18.7 Å². The number of benzene rings is 2. The van der Waals surface area contributed by atoms with Crippen LogP contribution in [-0.4, -0.2) is 19.6 Å². The summed E-state index contributed by atoms with van der Waals surface area (Å²) < 4.78 is 23.6. The summed E-state index contributed by atoms with van der Waals surface area (Å²) in [5.74, 6) is 0.451. The molecule has 2 rings (SSSR count). The highest BCUT2D eigenvalue weighted by Crippen LogP contribution is 2.28. The molecule has 0 aliphatic heterocycles. The normalized spacial score (nSPS) is 10.1. The summed E-state index contributed by atoms with van der Waals surface area (Å²) in [6.07, 6.45) is 0.885. The van der Waals surface area contributed by atoms with E-state index >= 15 is 0 Å². The number of hydrogen-bond acceptors (Lipinski definition) is 3. The number of nitrogens with one attached hydrogen (secondary N) is 1. The zero-order valence-corrected chi connectivity index (χ0v) is 12.6. The van der Waals surface area contributed by atoms with E-state index in [0.29, 0.717) is 29.4 Å². The van der Waals surface area contributed by atoms with E-state index in [1.807, 2.05) is 6.92 Å². The molecule has 0 atom stereocenters. The smallest absolute Gasteiger partial charge is 0.255 e. The number of hydrogen-bond donors (Lipinski definition) is 1. The second-order valence-corrected chi connectivity index (χ2v) is 4.68. The van der Waals surface area contributed by atoms with E-state index in [1.165, 1.54) is 31.4 Å². The molecule has 2 aromatic carbocycles. The number of halogens is 1. The standard InChI is InChI=1S/C17H18FNO3/c1-3-10-22-15-9-4-12(11-16(15)21-2)17(20)19-14-7-5-13(18)6-8-14/h4-9,11H,3,10H2,1-2H3,(H,19,20). The highest BCUT2D eigenvalue weighted by molar-refractivity contribution is 6.04. The van der Waals surface area contributed by atoms with Gasteiger partial charge < -0.3 is 14.8 Å². The molecular formula is C17H18FNO3. The molecule has 1 amide bonds. The highest BCUT2D eigenvalue weighted by Gasteiger charge is 2.11. The molecule has 116 valence electrons. The van der Waals surface area contributed by atoms with E-state index in [2.05, 4.69) is 5.32 Å². The van der Waals surface area contributed by atoms with E-state index in [-0.39, 0.29) is 11.7 Å². The van der Waals surface area contributed by atoms with Gasteiger partial charge in [-0.3, -0.25) is 4.79 Å². The number of carbonyl (C=O) groups excluding carboxylic acids is 1. The Morgan fingerprint density at radius 2 is 1.86 bits per heavy atom. The van der Waals surface area contributed by atoms with E-state index in [4.69, 9.17) is 9.47 Å². The van der Waals surface area contributed by atoms with Crippen molar-refractivity contribution in [2.75, 3.05) is 19.0 Å². The molecule has 0 spiro atoms. The summed E-state index contributed by atoms with van der Waals surface area (Å²) in [5.41, 5.74) is 0.960. The lowest BCUT2D eigenvalue weighted by atomic mass is 10.2. The summed E-state index contributed by atoms with van der Waals surface area (Å²) in [6.45, 7) is 2.59. The van der Waals surface area contributed by atoms with Crippen LogP contribution in [0.4, 0.5) is 10.1 Å². The summed E-state index contributed by atoms with van der Waals surface area (Å²) in [6, 6.07) is 10.6. The van der Waals surface area contributed by atoms with Gasteiger partial charge in [0.2, 0.25) is 0 Å². The van der Waals surface area contributed by atoms with Crippen LogP contribution in [0.3, 0.4) is 0 Å². The fraction of sp³-hybridized carbons (Fsp3) is 0.235. The van der Waals surface area contributed by atoms with Crippen LogP contribution in [0.5, 0.6) is 11.5 Å². The van der Waals surface area contributed by atoms with Gasteiger partial charge in [-0.25, -0.2) is 4.39 Å². The van der Waals surface area contributed by atoms with Gasteiger partial charge in [0.05, 0.1) is 13.7 Å². The maximum absolute atomic E-state index is 12.8. The van der Waals surface area contributed by atoms with E-state index in [1.54, 1.807) is 18.2 Å². The van der Waals surface area contributed by atoms with Crippen LogP contribution in [0, 0.1) is 5.82 Å². The minimum absolute atomic E-state index is 0.299. The molecule has 1 N–H and O–H groups in total. The summed E-state index contributed by atoms with van der Waals surface area (Å²) in [7, 11) is 1.52. The third kappa shape index (κ3) is 3.97.